The van der Waals surface area contributed by atoms with Crippen LogP contribution in [0.1, 0.15) is 38.2 Å². The number of aliphatic hydroxyl groups is 1. The number of benzene rings is 1. The quantitative estimate of drug-likeness (QED) is 0.787. The number of hydrogen-bond donors (Lipinski definition) is 1. The molecule has 0 amide bonds. The molecule has 1 heterocycles. The van der Waals surface area contributed by atoms with Gasteiger partial charge in [-0.25, -0.2) is 0 Å². The number of nitriles is 1. The molecule has 0 aliphatic carbocycles. The molecule has 1 aliphatic heterocycles. The van der Waals surface area contributed by atoms with E-state index in [1.165, 1.54) is 5.56 Å². The van der Waals surface area contributed by atoms with Crippen LogP contribution in [0.2, 0.25) is 0 Å². The Hall–Kier alpha value is -1.57. The second-order valence-electron chi connectivity index (χ2n) is 6.54. The lowest BCUT2D eigenvalue weighted by Gasteiger charge is -2.39. The zero-order valence-corrected chi connectivity index (χ0v) is 13.4. The summed E-state index contributed by atoms with van der Waals surface area (Å²) in [6, 6.07) is 10.3. The Balaban J connectivity index is 1.88. The van der Waals surface area contributed by atoms with Gasteiger partial charge in [0.05, 0.1) is 12.7 Å². The van der Waals surface area contributed by atoms with Gasteiger partial charge < -0.3 is 9.84 Å². The minimum atomic E-state index is 0.0314. The molecule has 22 heavy (non-hydrogen) atoms. The number of unbranched alkanes of at least 4 members (excludes halogenated alkanes) is 1. The average molecular weight is 302 g/mol. The Labute approximate surface area is 133 Å². The van der Waals surface area contributed by atoms with Crippen LogP contribution in [0.25, 0.3) is 0 Å². The van der Waals surface area contributed by atoms with E-state index in [1.807, 2.05) is 12.1 Å². The summed E-state index contributed by atoms with van der Waals surface area (Å²) in [5, 5.41) is 18.1. The van der Waals surface area contributed by atoms with E-state index in [9.17, 15) is 5.11 Å². The van der Waals surface area contributed by atoms with E-state index in [0.717, 1.165) is 44.6 Å². The van der Waals surface area contributed by atoms with Gasteiger partial charge in [0.25, 0.3) is 0 Å². The highest BCUT2D eigenvalue weighted by Crippen LogP contribution is 2.29. The summed E-state index contributed by atoms with van der Waals surface area (Å²) in [6.45, 7) is 5.92. The maximum absolute atomic E-state index is 9.55. The Morgan fingerprint density at radius 1 is 1.45 bits per heavy atom. The van der Waals surface area contributed by atoms with Crippen LogP contribution in [0.4, 0.5) is 0 Å². The number of rotatable bonds is 7. The summed E-state index contributed by atoms with van der Waals surface area (Å²) in [5.41, 5.74) is 1.27. The summed E-state index contributed by atoms with van der Waals surface area (Å²) in [7, 11) is 0. The molecular weight excluding hydrogens is 276 g/mol. The van der Waals surface area contributed by atoms with Crippen LogP contribution in [-0.4, -0.2) is 36.3 Å². The van der Waals surface area contributed by atoms with Gasteiger partial charge in [-0.1, -0.05) is 19.1 Å². The lowest BCUT2D eigenvalue weighted by molar-refractivity contribution is 0.0429. The smallest absolute Gasteiger partial charge is 0.119 e. The first-order valence-electron chi connectivity index (χ1n) is 8.07. The van der Waals surface area contributed by atoms with Crippen LogP contribution < -0.4 is 4.74 Å². The first-order valence-corrected chi connectivity index (χ1v) is 8.07. The molecule has 1 aliphatic rings. The molecule has 1 atom stereocenters. The Bertz CT molecular complexity index is 512. The zero-order chi connectivity index (χ0) is 15.8. The van der Waals surface area contributed by atoms with Gasteiger partial charge in [-0.2, -0.15) is 5.26 Å². The van der Waals surface area contributed by atoms with Crippen LogP contribution >= 0.6 is 0 Å². The van der Waals surface area contributed by atoms with Crippen molar-refractivity contribution < 1.29 is 9.84 Å². The molecule has 0 radical (unpaired) electrons. The fraction of sp³-hybridized carbons (Fsp3) is 0.611. The molecule has 1 fully saturated rings. The molecule has 1 unspecified atom stereocenters. The molecule has 4 nitrogen and oxygen atoms in total. The van der Waals surface area contributed by atoms with Gasteiger partial charge in [0, 0.05) is 31.5 Å². The van der Waals surface area contributed by atoms with Gasteiger partial charge >= 0.3 is 0 Å². The summed E-state index contributed by atoms with van der Waals surface area (Å²) < 4.78 is 5.69. The van der Waals surface area contributed by atoms with Crippen molar-refractivity contribution in [3.63, 3.8) is 0 Å². The molecule has 1 N–H and O–H groups in total. The van der Waals surface area contributed by atoms with E-state index in [4.69, 9.17) is 10.00 Å². The van der Waals surface area contributed by atoms with E-state index in [-0.39, 0.29) is 12.0 Å². The number of aliphatic hydroxyl groups excluding tert-OH is 1. The monoisotopic (exact) mass is 302 g/mol. The van der Waals surface area contributed by atoms with Crippen molar-refractivity contribution in [1.29, 1.82) is 5.26 Å². The summed E-state index contributed by atoms with van der Waals surface area (Å²) >= 11 is 0. The maximum Gasteiger partial charge on any atom is 0.119 e. The topological polar surface area (TPSA) is 56.5 Å². The lowest BCUT2D eigenvalue weighted by Crippen LogP contribution is -2.43. The molecule has 0 aromatic heterocycles. The number of piperidine rings is 1. The normalized spacial score (nSPS) is 22.2. The molecular formula is C18H26N2O2. The standard InChI is InChI=1S/C18H26N2O2/c1-18(15-21)8-5-10-20(14-18)13-16-6-4-7-17(12-16)22-11-3-2-9-19/h4,6-7,12,21H,2-3,5,8,10-11,13-15H2,1H3. The minimum absolute atomic E-state index is 0.0314. The average Bonchev–Trinajstić information content (AvgIpc) is 2.52. The van der Waals surface area contributed by atoms with Crippen molar-refractivity contribution in [2.24, 2.45) is 5.41 Å². The second kappa shape index (κ2) is 8.17. The lowest BCUT2D eigenvalue weighted by atomic mass is 9.82. The van der Waals surface area contributed by atoms with E-state index < -0.39 is 0 Å². The molecule has 1 aromatic carbocycles. The third-order valence-corrected chi connectivity index (χ3v) is 4.25. The van der Waals surface area contributed by atoms with Crippen molar-refractivity contribution in [3.8, 4) is 11.8 Å². The fourth-order valence-electron chi connectivity index (χ4n) is 3.02. The summed E-state index contributed by atoms with van der Waals surface area (Å²) in [5.74, 6) is 0.873. The predicted octanol–water partition coefficient (Wildman–Crippen LogP) is 2.96. The Morgan fingerprint density at radius 2 is 2.32 bits per heavy atom. The highest BCUT2D eigenvalue weighted by atomic mass is 16.5. The van der Waals surface area contributed by atoms with E-state index in [0.29, 0.717) is 13.0 Å². The van der Waals surface area contributed by atoms with Crippen LogP contribution in [-0.2, 0) is 6.54 Å². The Morgan fingerprint density at radius 3 is 3.09 bits per heavy atom. The van der Waals surface area contributed by atoms with Crippen molar-refractivity contribution in [1.82, 2.24) is 4.90 Å². The Kier molecular flexibility index (Phi) is 6.23. The van der Waals surface area contributed by atoms with E-state index >= 15 is 0 Å². The highest BCUT2D eigenvalue weighted by molar-refractivity contribution is 5.28. The van der Waals surface area contributed by atoms with Gasteiger partial charge in [0.15, 0.2) is 0 Å². The van der Waals surface area contributed by atoms with Gasteiger partial charge in [-0.3, -0.25) is 4.90 Å². The summed E-state index contributed by atoms with van der Waals surface area (Å²) in [6.07, 6.45) is 3.54. The van der Waals surface area contributed by atoms with Crippen LogP contribution in [0.15, 0.2) is 24.3 Å². The highest BCUT2D eigenvalue weighted by Gasteiger charge is 2.30. The van der Waals surface area contributed by atoms with Crippen molar-refractivity contribution >= 4 is 0 Å². The van der Waals surface area contributed by atoms with Gasteiger partial charge in [0.1, 0.15) is 5.75 Å². The SMILES string of the molecule is CC1(CO)CCCN(Cc2cccc(OCCCC#N)c2)C1. The van der Waals surface area contributed by atoms with Crippen LogP contribution in [0.3, 0.4) is 0 Å². The van der Waals surface area contributed by atoms with Gasteiger partial charge in [-0.15, -0.1) is 0 Å². The van der Waals surface area contributed by atoms with Crippen LogP contribution in [0, 0.1) is 16.7 Å². The van der Waals surface area contributed by atoms with Crippen LogP contribution in [0.5, 0.6) is 5.75 Å². The zero-order valence-electron chi connectivity index (χ0n) is 13.4. The number of hydrogen-bond acceptors (Lipinski definition) is 4. The minimum Gasteiger partial charge on any atom is -0.494 e. The van der Waals surface area contributed by atoms with E-state index in [1.54, 1.807) is 0 Å². The van der Waals surface area contributed by atoms with Gasteiger partial charge in [-0.05, 0) is 43.5 Å². The molecule has 0 spiro atoms. The molecule has 2 rings (SSSR count). The molecule has 1 aromatic rings. The third kappa shape index (κ3) is 5.01. The van der Waals surface area contributed by atoms with Crippen molar-refractivity contribution in [2.45, 2.75) is 39.2 Å². The fourth-order valence-corrected chi connectivity index (χ4v) is 3.02. The van der Waals surface area contributed by atoms with Gasteiger partial charge in [0.2, 0.25) is 0 Å². The number of nitrogens with zero attached hydrogens (tertiary/aromatic N) is 2. The number of ether oxygens (including phenoxy) is 1. The summed E-state index contributed by atoms with van der Waals surface area (Å²) in [4.78, 5) is 2.41. The number of likely N-dealkylation sites (tertiary alicyclic amines) is 1. The first kappa shape index (κ1) is 16.8. The first-order chi connectivity index (χ1) is 10.6. The molecule has 0 saturated carbocycles. The maximum atomic E-state index is 9.55. The molecule has 0 bridgehead atoms. The van der Waals surface area contributed by atoms with Crippen molar-refractivity contribution in [2.75, 3.05) is 26.3 Å². The largest absolute Gasteiger partial charge is 0.494 e. The third-order valence-electron chi connectivity index (χ3n) is 4.25. The van der Waals surface area contributed by atoms with E-state index in [2.05, 4.69) is 30.0 Å². The predicted molar refractivity (Wildman–Crippen MR) is 86.5 cm³/mol. The second-order valence-corrected chi connectivity index (χ2v) is 6.54. The molecule has 120 valence electrons. The molecule has 4 heteroatoms. The molecule has 1 saturated heterocycles. The van der Waals surface area contributed by atoms with Crippen molar-refractivity contribution in [3.05, 3.63) is 29.8 Å².